The predicted octanol–water partition coefficient (Wildman–Crippen LogP) is 6.34. The van der Waals surface area contributed by atoms with Crippen molar-refractivity contribution in [2.24, 2.45) is 0 Å². The summed E-state index contributed by atoms with van der Waals surface area (Å²) < 4.78 is 11.3. The monoisotopic (exact) mass is 446 g/mol. The van der Waals surface area contributed by atoms with E-state index in [1.165, 1.54) is 0 Å². The Morgan fingerprint density at radius 3 is 1.82 bits per heavy atom. The maximum absolute atomic E-state index is 5.73. The lowest BCUT2D eigenvalue weighted by Crippen LogP contribution is -1.92. The second-order valence-electron chi connectivity index (χ2n) is 8.13. The fourth-order valence-electron chi connectivity index (χ4n) is 4.34. The van der Waals surface area contributed by atoms with Crippen LogP contribution in [0.2, 0.25) is 0 Å². The van der Waals surface area contributed by atoms with Gasteiger partial charge in [0, 0.05) is 33.2 Å². The van der Waals surface area contributed by atoms with Crippen LogP contribution in [0.25, 0.3) is 57.5 Å². The van der Waals surface area contributed by atoms with Crippen LogP contribution in [-0.4, -0.2) is 34.2 Å². The summed E-state index contributed by atoms with van der Waals surface area (Å²) in [5.41, 5.74) is 9.30. The molecule has 2 N–H and O–H groups in total. The number of nitrogens with zero attached hydrogens (tertiary/aromatic N) is 2. The van der Waals surface area contributed by atoms with Gasteiger partial charge in [-0.15, -0.1) is 0 Å². The number of aromatic nitrogens is 4. The Labute approximate surface area is 196 Å². The number of para-hydroxylation sites is 1. The molecule has 2 aliphatic rings. The maximum Gasteiger partial charge on any atom is 0.168 e. The highest BCUT2D eigenvalue weighted by atomic mass is 16.5. The van der Waals surface area contributed by atoms with Gasteiger partial charge in [-0.3, -0.25) is 0 Å². The van der Waals surface area contributed by atoms with E-state index in [9.17, 15) is 0 Å². The molecular weight excluding hydrogens is 424 g/mol. The first-order valence-electron chi connectivity index (χ1n) is 11.0. The van der Waals surface area contributed by atoms with Crippen LogP contribution >= 0.6 is 0 Å². The van der Waals surface area contributed by atoms with Crippen molar-refractivity contribution < 1.29 is 9.47 Å². The van der Waals surface area contributed by atoms with Gasteiger partial charge in [-0.2, -0.15) is 0 Å². The lowest BCUT2D eigenvalue weighted by Gasteiger charge is -2.11. The number of H-pyrrole nitrogens is 2. The topological polar surface area (TPSA) is 75.8 Å². The van der Waals surface area contributed by atoms with E-state index in [-0.39, 0.29) is 0 Å². The van der Waals surface area contributed by atoms with Crippen LogP contribution in [0.5, 0.6) is 11.5 Å². The number of hydrogen-bond acceptors (Lipinski definition) is 4. The van der Waals surface area contributed by atoms with Gasteiger partial charge < -0.3 is 19.4 Å². The first-order chi connectivity index (χ1) is 16.7. The first-order valence-corrected chi connectivity index (χ1v) is 11.0. The van der Waals surface area contributed by atoms with Crippen LogP contribution in [0.1, 0.15) is 22.8 Å². The van der Waals surface area contributed by atoms with Crippen molar-refractivity contribution in [3.05, 3.63) is 83.4 Å². The number of hydrogen-bond donors (Lipinski definition) is 2. The maximum atomic E-state index is 5.73. The lowest BCUT2D eigenvalue weighted by atomic mass is 10.0. The first kappa shape index (κ1) is 20.1. The lowest BCUT2D eigenvalue weighted by molar-refractivity contribution is 0.356. The average molecular weight is 447 g/mol. The van der Waals surface area contributed by atoms with Crippen LogP contribution in [0.3, 0.4) is 0 Å². The van der Waals surface area contributed by atoms with Crippen molar-refractivity contribution in [2.75, 3.05) is 14.2 Å². The highest BCUT2D eigenvalue weighted by Gasteiger charge is 2.15. The molecule has 0 radical (unpaired) electrons. The number of aromatic amines is 2. The fraction of sp³-hybridized carbons (Fsp3) is 0.0714. The van der Waals surface area contributed by atoms with Gasteiger partial charge in [0.25, 0.3) is 0 Å². The largest absolute Gasteiger partial charge is 0.493 e. The predicted molar refractivity (Wildman–Crippen MR) is 137 cm³/mol. The van der Waals surface area contributed by atoms with Crippen molar-refractivity contribution >= 4 is 46.4 Å². The molecule has 166 valence electrons. The summed E-state index contributed by atoms with van der Waals surface area (Å²) >= 11 is 0. The van der Waals surface area contributed by atoms with Crippen LogP contribution < -0.4 is 9.47 Å². The van der Waals surface area contributed by atoms with Crippen molar-refractivity contribution in [2.45, 2.75) is 0 Å². The molecule has 34 heavy (non-hydrogen) atoms. The molecule has 6 nitrogen and oxygen atoms in total. The van der Waals surface area contributed by atoms with Crippen LogP contribution in [0.15, 0.2) is 60.7 Å². The molecule has 0 fully saturated rings. The summed E-state index contributed by atoms with van der Waals surface area (Å²) in [5, 5.41) is 0. The Hall–Kier alpha value is -4.58. The molecule has 0 spiro atoms. The quantitative estimate of drug-likeness (QED) is 0.333. The van der Waals surface area contributed by atoms with Gasteiger partial charge in [0.15, 0.2) is 11.5 Å². The van der Waals surface area contributed by atoms with Gasteiger partial charge >= 0.3 is 0 Å². The molecule has 6 rings (SSSR count). The molecule has 6 heteroatoms. The molecule has 3 aromatic heterocycles. The van der Waals surface area contributed by atoms with Gasteiger partial charge in [-0.1, -0.05) is 12.1 Å². The Balaban J connectivity index is 1.67. The highest BCUT2D eigenvalue weighted by molar-refractivity contribution is 5.90. The minimum atomic E-state index is 0.683. The Kier molecular flexibility index (Phi) is 4.77. The Morgan fingerprint density at radius 1 is 0.588 bits per heavy atom. The molecular formula is C28H22N4O2. The van der Waals surface area contributed by atoms with E-state index in [0.717, 1.165) is 56.0 Å². The van der Waals surface area contributed by atoms with Crippen molar-refractivity contribution in [1.82, 2.24) is 19.9 Å². The highest BCUT2D eigenvalue weighted by Crippen LogP contribution is 2.40. The van der Waals surface area contributed by atoms with E-state index >= 15 is 0 Å². The molecule has 5 heterocycles. The smallest absolute Gasteiger partial charge is 0.168 e. The Bertz CT molecular complexity index is 1640. The zero-order chi connectivity index (χ0) is 23.1. The average Bonchev–Trinajstić information content (AvgIpc) is 3.63. The summed E-state index contributed by atoms with van der Waals surface area (Å²) in [6, 6.07) is 20.2. The van der Waals surface area contributed by atoms with Crippen molar-refractivity contribution in [3.8, 4) is 22.6 Å². The van der Waals surface area contributed by atoms with E-state index in [2.05, 4.69) is 16.0 Å². The summed E-state index contributed by atoms with van der Waals surface area (Å²) in [6.07, 6.45) is 8.06. The van der Waals surface area contributed by atoms with Gasteiger partial charge in [0.1, 0.15) is 0 Å². The van der Waals surface area contributed by atoms with Crippen molar-refractivity contribution in [3.63, 3.8) is 0 Å². The second kappa shape index (κ2) is 8.08. The summed E-state index contributed by atoms with van der Waals surface area (Å²) in [5.74, 6) is 1.37. The van der Waals surface area contributed by atoms with E-state index in [1.807, 2.05) is 78.9 Å². The molecule has 0 saturated heterocycles. The molecule has 8 bridgehead atoms. The minimum Gasteiger partial charge on any atom is -0.493 e. The molecule has 2 aliphatic heterocycles. The minimum absolute atomic E-state index is 0.683. The number of ether oxygens (including phenoxy) is 2. The summed E-state index contributed by atoms with van der Waals surface area (Å²) in [6.45, 7) is 0. The van der Waals surface area contributed by atoms with Crippen LogP contribution in [0.4, 0.5) is 0 Å². The van der Waals surface area contributed by atoms with E-state index in [4.69, 9.17) is 19.4 Å². The molecule has 0 aliphatic carbocycles. The van der Waals surface area contributed by atoms with Gasteiger partial charge in [0.05, 0.1) is 37.0 Å². The molecule has 0 atom stereocenters. The number of benzene rings is 1. The zero-order valence-corrected chi connectivity index (χ0v) is 18.8. The third-order valence-electron chi connectivity index (χ3n) is 5.86. The third-order valence-corrected chi connectivity index (χ3v) is 5.86. The SMILES string of the molecule is COc1cccc(-c2cc3cc4nc(cc5ccc(cc6nc(cc2[nH]3)C=C6)[nH]5)C=C4)c1OC. The third kappa shape index (κ3) is 3.65. The number of fused-ring (bicyclic) bond motifs is 8. The van der Waals surface area contributed by atoms with E-state index < -0.39 is 0 Å². The fourth-order valence-corrected chi connectivity index (χ4v) is 4.34. The van der Waals surface area contributed by atoms with Crippen LogP contribution in [0, 0.1) is 0 Å². The van der Waals surface area contributed by atoms with Gasteiger partial charge in [0.2, 0.25) is 0 Å². The summed E-state index contributed by atoms with van der Waals surface area (Å²) in [7, 11) is 3.30. The molecule has 0 unspecified atom stereocenters. The molecule has 4 aromatic rings. The molecule has 0 saturated carbocycles. The summed E-state index contributed by atoms with van der Waals surface area (Å²) in [4.78, 5) is 16.5. The number of rotatable bonds is 3. The standard InChI is InChI=1S/C28H22N4O2/c1-33-27-5-3-4-24(28(27)34-2)25-15-23-14-21-9-8-19(30-21)12-17-6-7-18(29-17)13-20-10-11-22(31-20)16-26(25)32-23/h3-16,29,32H,1-2H3. The molecule has 1 aromatic carbocycles. The normalized spacial score (nSPS) is 12.2. The van der Waals surface area contributed by atoms with Gasteiger partial charge in [-0.05, 0) is 72.8 Å². The van der Waals surface area contributed by atoms with E-state index in [1.54, 1.807) is 14.2 Å². The van der Waals surface area contributed by atoms with Crippen molar-refractivity contribution in [1.29, 1.82) is 0 Å². The number of methoxy groups -OCH3 is 2. The van der Waals surface area contributed by atoms with Gasteiger partial charge in [-0.25, -0.2) is 9.97 Å². The Morgan fingerprint density at radius 2 is 1.21 bits per heavy atom. The molecule has 0 amide bonds. The number of nitrogens with one attached hydrogen (secondary N) is 2. The zero-order valence-electron chi connectivity index (χ0n) is 18.8. The second-order valence-corrected chi connectivity index (χ2v) is 8.13. The van der Waals surface area contributed by atoms with E-state index in [0.29, 0.717) is 11.5 Å². The van der Waals surface area contributed by atoms with Crippen LogP contribution in [-0.2, 0) is 0 Å².